The number of nitrogens with one attached hydrogen (secondary N) is 1. The van der Waals surface area contributed by atoms with Crippen LogP contribution in [-0.4, -0.2) is 24.4 Å². The highest BCUT2D eigenvalue weighted by Gasteiger charge is 2.39. The van der Waals surface area contributed by atoms with E-state index in [1.807, 2.05) is 25.1 Å². The van der Waals surface area contributed by atoms with Crippen molar-refractivity contribution in [3.8, 4) is 0 Å². The second-order valence-electron chi connectivity index (χ2n) is 5.99. The number of nitrogens with zero attached hydrogens (tertiary/aromatic N) is 1. The van der Waals surface area contributed by atoms with Crippen molar-refractivity contribution in [3.05, 3.63) is 67.9 Å². The Morgan fingerprint density at radius 2 is 1.82 bits per heavy atom. The quantitative estimate of drug-likeness (QED) is 0.371. The van der Waals surface area contributed by atoms with Crippen LogP contribution in [0.4, 0.5) is 11.4 Å². The molecule has 0 aliphatic carbocycles. The van der Waals surface area contributed by atoms with Crippen molar-refractivity contribution in [1.29, 1.82) is 0 Å². The summed E-state index contributed by atoms with van der Waals surface area (Å²) in [6.45, 7) is 3.87. The molecule has 0 atom stereocenters. The molecule has 3 rings (SSSR count). The predicted octanol–water partition coefficient (Wildman–Crippen LogP) is 4.21. The molecule has 0 bridgehead atoms. The average molecular weight is 511 g/mol. The van der Waals surface area contributed by atoms with Gasteiger partial charge in [-0.15, -0.1) is 0 Å². The van der Waals surface area contributed by atoms with Gasteiger partial charge in [0.15, 0.2) is 0 Å². The van der Waals surface area contributed by atoms with Gasteiger partial charge in [0, 0.05) is 9.26 Å². The lowest BCUT2D eigenvalue weighted by molar-refractivity contribution is -0.120. The number of hydrogen-bond acceptors (Lipinski definition) is 5. The molecule has 6 nitrogen and oxygen atoms in total. The molecular formula is C20H16ClIN2O4. The molecule has 28 heavy (non-hydrogen) atoms. The van der Waals surface area contributed by atoms with Crippen molar-refractivity contribution in [3.63, 3.8) is 0 Å². The Bertz CT molecular complexity index is 1000. The maximum absolute atomic E-state index is 12.8. The fourth-order valence-electron chi connectivity index (χ4n) is 2.71. The van der Waals surface area contributed by atoms with Crippen LogP contribution in [0.25, 0.3) is 0 Å². The zero-order valence-corrected chi connectivity index (χ0v) is 18.0. The van der Waals surface area contributed by atoms with E-state index >= 15 is 0 Å². The Labute approximate surface area is 180 Å². The molecule has 0 saturated carbocycles. The van der Waals surface area contributed by atoms with Gasteiger partial charge in [0.1, 0.15) is 10.7 Å². The number of anilines is 2. The van der Waals surface area contributed by atoms with Gasteiger partial charge in [-0.3, -0.25) is 9.59 Å². The van der Waals surface area contributed by atoms with E-state index < -0.39 is 17.8 Å². The van der Waals surface area contributed by atoms with Crippen molar-refractivity contribution < 1.29 is 19.1 Å². The van der Waals surface area contributed by atoms with Gasteiger partial charge in [0.25, 0.3) is 11.8 Å². The number of benzene rings is 2. The summed E-state index contributed by atoms with van der Waals surface area (Å²) in [6, 6.07) is 11.7. The predicted molar refractivity (Wildman–Crippen MR) is 115 cm³/mol. The second-order valence-corrected chi connectivity index (χ2v) is 7.61. The topological polar surface area (TPSA) is 75.7 Å². The summed E-state index contributed by atoms with van der Waals surface area (Å²) in [6.07, 6.45) is 0. The second kappa shape index (κ2) is 8.32. The van der Waals surface area contributed by atoms with Crippen LogP contribution < -0.4 is 10.2 Å². The highest BCUT2D eigenvalue weighted by atomic mass is 127. The molecule has 0 aromatic heterocycles. The summed E-state index contributed by atoms with van der Waals surface area (Å²) < 4.78 is 5.98. The van der Waals surface area contributed by atoms with Crippen LogP contribution in [0.15, 0.2) is 53.2 Å². The van der Waals surface area contributed by atoms with Gasteiger partial charge in [-0.2, -0.15) is 0 Å². The third kappa shape index (κ3) is 3.90. The molecule has 0 unspecified atom stereocenters. The van der Waals surface area contributed by atoms with E-state index in [-0.39, 0.29) is 17.3 Å². The van der Waals surface area contributed by atoms with E-state index in [4.69, 9.17) is 16.3 Å². The van der Waals surface area contributed by atoms with Gasteiger partial charge in [-0.1, -0.05) is 11.6 Å². The molecule has 1 aliphatic rings. The third-order valence-electron chi connectivity index (χ3n) is 4.11. The number of carbonyl (C=O) groups excluding carboxylic acids is 3. The number of hydrogen-bond donors (Lipinski definition) is 1. The van der Waals surface area contributed by atoms with Crippen molar-refractivity contribution >= 4 is 63.4 Å². The summed E-state index contributed by atoms with van der Waals surface area (Å²) in [7, 11) is 0. The van der Waals surface area contributed by atoms with Gasteiger partial charge in [0.2, 0.25) is 0 Å². The first kappa shape index (κ1) is 20.3. The molecule has 1 N–H and O–H groups in total. The number of amides is 2. The summed E-state index contributed by atoms with van der Waals surface area (Å²) >= 11 is 8.35. The molecule has 0 saturated heterocycles. The SMILES string of the molecule is CCOC(=O)c1ccc(N2C(=O)C(Cl)=C(Nc3ccc(I)cc3C)C2=O)cc1. The zero-order valence-electron chi connectivity index (χ0n) is 15.1. The molecule has 2 aromatic carbocycles. The maximum Gasteiger partial charge on any atom is 0.338 e. The number of aryl methyl sites for hydroxylation is 1. The summed E-state index contributed by atoms with van der Waals surface area (Å²) in [4.78, 5) is 38.1. The van der Waals surface area contributed by atoms with E-state index in [0.717, 1.165) is 14.0 Å². The van der Waals surface area contributed by atoms with Gasteiger partial charge in [0.05, 0.1) is 17.9 Å². The van der Waals surface area contributed by atoms with Gasteiger partial charge >= 0.3 is 5.97 Å². The molecular weight excluding hydrogens is 495 g/mol. The van der Waals surface area contributed by atoms with Crippen molar-refractivity contribution in [2.24, 2.45) is 0 Å². The van der Waals surface area contributed by atoms with Crippen molar-refractivity contribution in [1.82, 2.24) is 0 Å². The average Bonchev–Trinajstić information content (AvgIpc) is 2.87. The molecule has 2 aromatic rings. The Morgan fingerprint density at radius 3 is 2.43 bits per heavy atom. The van der Waals surface area contributed by atoms with E-state index in [1.54, 1.807) is 6.92 Å². The lowest BCUT2D eigenvalue weighted by atomic mass is 10.2. The Kier molecular flexibility index (Phi) is 6.04. The van der Waals surface area contributed by atoms with E-state index in [1.165, 1.54) is 24.3 Å². The number of esters is 1. The molecule has 144 valence electrons. The maximum atomic E-state index is 12.8. The first-order chi connectivity index (χ1) is 13.3. The lowest BCUT2D eigenvalue weighted by Crippen LogP contribution is -2.32. The minimum absolute atomic E-state index is 0.0189. The molecule has 0 radical (unpaired) electrons. The Hall–Kier alpha value is -2.39. The lowest BCUT2D eigenvalue weighted by Gasteiger charge is -2.16. The first-order valence-corrected chi connectivity index (χ1v) is 9.88. The van der Waals surface area contributed by atoms with E-state index in [2.05, 4.69) is 27.9 Å². The summed E-state index contributed by atoms with van der Waals surface area (Å²) in [5.74, 6) is -1.65. The molecule has 8 heteroatoms. The van der Waals surface area contributed by atoms with Gasteiger partial charge in [-0.05, 0) is 84.5 Å². The Morgan fingerprint density at radius 1 is 1.14 bits per heavy atom. The zero-order chi connectivity index (χ0) is 20.4. The number of imide groups is 1. The van der Waals surface area contributed by atoms with Crippen LogP contribution >= 0.6 is 34.2 Å². The number of rotatable bonds is 5. The van der Waals surface area contributed by atoms with Crippen LogP contribution in [0.5, 0.6) is 0 Å². The molecule has 1 heterocycles. The van der Waals surface area contributed by atoms with Crippen molar-refractivity contribution in [2.45, 2.75) is 13.8 Å². The largest absolute Gasteiger partial charge is 0.462 e. The van der Waals surface area contributed by atoms with Gasteiger partial charge < -0.3 is 10.1 Å². The fraction of sp³-hybridized carbons (Fsp3) is 0.150. The van der Waals surface area contributed by atoms with E-state index in [9.17, 15) is 14.4 Å². The highest BCUT2D eigenvalue weighted by Crippen LogP contribution is 2.31. The van der Waals surface area contributed by atoms with Crippen molar-refractivity contribution in [2.75, 3.05) is 16.8 Å². The minimum Gasteiger partial charge on any atom is -0.462 e. The highest BCUT2D eigenvalue weighted by molar-refractivity contribution is 14.1. The standard InChI is InChI=1S/C20H16ClIN2O4/c1-3-28-20(27)12-4-7-14(8-5-12)24-18(25)16(21)17(19(24)26)23-15-9-6-13(22)10-11(15)2/h4-10,23H,3H2,1-2H3. The smallest absolute Gasteiger partial charge is 0.338 e. The van der Waals surface area contributed by atoms with Crippen LogP contribution in [0.3, 0.4) is 0 Å². The number of carbonyl (C=O) groups is 3. The van der Waals surface area contributed by atoms with Crippen LogP contribution in [0.2, 0.25) is 0 Å². The van der Waals surface area contributed by atoms with Crippen LogP contribution in [0, 0.1) is 10.5 Å². The van der Waals surface area contributed by atoms with Crippen LogP contribution in [0.1, 0.15) is 22.8 Å². The van der Waals surface area contributed by atoms with Gasteiger partial charge in [-0.25, -0.2) is 9.69 Å². The summed E-state index contributed by atoms with van der Waals surface area (Å²) in [5.41, 5.74) is 2.27. The normalized spacial score (nSPS) is 13.9. The monoisotopic (exact) mass is 510 g/mol. The number of halogens is 2. The minimum atomic E-state index is -0.624. The molecule has 0 spiro atoms. The third-order valence-corrected chi connectivity index (χ3v) is 5.13. The fourth-order valence-corrected chi connectivity index (χ4v) is 3.57. The first-order valence-electron chi connectivity index (χ1n) is 8.42. The Balaban J connectivity index is 1.85. The summed E-state index contributed by atoms with van der Waals surface area (Å²) in [5, 5.41) is 2.79. The molecule has 1 aliphatic heterocycles. The number of ether oxygens (including phenoxy) is 1. The van der Waals surface area contributed by atoms with E-state index in [0.29, 0.717) is 16.9 Å². The molecule has 0 fully saturated rings. The molecule has 2 amide bonds. The van der Waals surface area contributed by atoms with Crippen LogP contribution in [-0.2, 0) is 14.3 Å².